The Bertz CT molecular complexity index is 490. The lowest BCUT2D eigenvalue weighted by Gasteiger charge is -2.32. The van der Waals surface area contributed by atoms with Crippen molar-refractivity contribution in [1.29, 1.82) is 0 Å². The van der Waals surface area contributed by atoms with Crippen molar-refractivity contribution < 1.29 is 4.74 Å². The summed E-state index contributed by atoms with van der Waals surface area (Å²) < 4.78 is 5.10. The summed E-state index contributed by atoms with van der Waals surface area (Å²) in [4.78, 5) is 8.92. The van der Waals surface area contributed by atoms with E-state index < -0.39 is 0 Å². The van der Waals surface area contributed by atoms with Crippen LogP contribution in [0.4, 0.5) is 0 Å². The van der Waals surface area contributed by atoms with Crippen LogP contribution in [-0.2, 0) is 0 Å². The summed E-state index contributed by atoms with van der Waals surface area (Å²) in [5.74, 6) is 1.52. The Hall–Kier alpha value is -1.88. The van der Waals surface area contributed by atoms with Crippen molar-refractivity contribution >= 4 is 11.8 Å². The molecule has 1 aliphatic rings. The van der Waals surface area contributed by atoms with Crippen LogP contribution in [-0.4, -0.2) is 30.9 Å². The molecule has 0 spiro atoms. The zero-order chi connectivity index (χ0) is 15.1. The van der Waals surface area contributed by atoms with Crippen LogP contribution in [0.25, 0.3) is 5.57 Å². The second-order valence-electron chi connectivity index (χ2n) is 5.41. The van der Waals surface area contributed by atoms with E-state index in [4.69, 9.17) is 16.2 Å². The monoisotopic (exact) mass is 288 g/mol. The number of nitrogens with two attached hydrogens (primary N) is 2. The number of rotatable bonds is 7. The number of aromatic nitrogens is 1. The normalized spacial score (nSPS) is 22.3. The average Bonchev–Trinajstić information content (AvgIpc) is 2.49. The van der Waals surface area contributed by atoms with Crippen LogP contribution >= 0.6 is 0 Å². The number of ether oxygens (including phenoxy) is 1. The van der Waals surface area contributed by atoms with Crippen LogP contribution < -0.4 is 16.2 Å². The van der Waals surface area contributed by atoms with Gasteiger partial charge in [0.1, 0.15) is 5.75 Å². The highest BCUT2D eigenvalue weighted by molar-refractivity contribution is 6.08. The molecule has 1 fully saturated rings. The van der Waals surface area contributed by atoms with Crippen LogP contribution in [0.5, 0.6) is 5.75 Å². The molecular weight excluding hydrogens is 264 g/mol. The summed E-state index contributed by atoms with van der Waals surface area (Å²) in [7, 11) is 1.62. The van der Waals surface area contributed by atoms with Gasteiger partial charge >= 0.3 is 0 Å². The Morgan fingerprint density at radius 1 is 1.48 bits per heavy atom. The molecular formula is C16H24N4O. The number of pyridine rings is 1. The molecule has 0 unspecified atom stereocenters. The van der Waals surface area contributed by atoms with Gasteiger partial charge in [-0.3, -0.25) is 9.98 Å². The first-order chi connectivity index (χ1) is 10.3. The van der Waals surface area contributed by atoms with Gasteiger partial charge in [-0.2, -0.15) is 0 Å². The maximum atomic E-state index is 5.68. The standard InChI is InChI=1S/C16H24N4O/c1-21-15-4-5-16(20-11-15)13(9-18)10-19-14-7-12(8-14)3-2-6-17/h4-5,9-12,14H,2-3,6-8,17-18H2,1H3. The summed E-state index contributed by atoms with van der Waals surface area (Å²) in [6, 6.07) is 4.17. The fourth-order valence-electron chi connectivity index (χ4n) is 2.52. The van der Waals surface area contributed by atoms with Gasteiger partial charge in [-0.15, -0.1) is 0 Å². The molecule has 5 nitrogen and oxygen atoms in total. The lowest BCUT2D eigenvalue weighted by molar-refractivity contribution is 0.249. The third kappa shape index (κ3) is 4.29. The van der Waals surface area contributed by atoms with E-state index in [2.05, 4.69) is 9.98 Å². The fourth-order valence-corrected chi connectivity index (χ4v) is 2.52. The highest BCUT2D eigenvalue weighted by Gasteiger charge is 2.27. The zero-order valence-corrected chi connectivity index (χ0v) is 12.5. The van der Waals surface area contributed by atoms with Crippen molar-refractivity contribution in [2.24, 2.45) is 22.4 Å². The molecule has 0 bridgehead atoms. The van der Waals surface area contributed by atoms with E-state index in [1.165, 1.54) is 6.42 Å². The molecule has 2 rings (SSSR count). The van der Waals surface area contributed by atoms with Gasteiger partial charge in [0.2, 0.25) is 0 Å². The summed E-state index contributed by atoms with van der Waals surface area (Å²) in [5, 5.41) is 0. The van der Waals surface area contributed by atoms with Gasteiger partial charge in [0.05, 0.1) is 25.0 Å². The molecule has 0 saturated heterocycles. The first-order valence-corrected chi connectivity index (χ1v) is 7.42. The number of hydrogen-bond acceptors (Lipinski definition) is 5. The molecule has 1 aromatic heterocycles. The van der Waals surface area contributed by atoms with Gasteiger partial charge in [-0.25, -0.2) is 0 Å². The van der Waals surface area contributed by atoms with E-state index in [0.29, 0.717) is 6.04 Å². The molecule has 0 aromatic carbocycles. The molecule has 1 aliphatic carbocycles. The van der Waals surface area contributed by atoms with Crippen molar-refractivity contribution in [3.63, 3.8) is 0 Å². The van der Waals surface area contributed by atoms with E-state index in [0.717, 1.165) is 48.7 Å². The molecule has 5 heteroatoms. The van der Waals surface area contributed by atoms with E-state index in [1.807, 2.05) is 18.3 Å². The van der Waals surface area contributed by atoms with E-state index in [9.17, 15) is 0 Å². The lowest BCUT2D eigenvalue weighted by Crippen LogP contribution is -2.27. The second kappa shape index (κ2) is 7.78. The largest absolute Gasteiger partial charge is 0.495 e. The Balaban J connectivity index is 1.87. The van der Waals surface area contributed by atoms with Crippen LogP contribution in [0.3, 0.4) is 0 Å². The maximum Gasteiger partial charge on any atom is 0.137 e. The molecule has 1 saturated carbocycles. The Morgan fingerprint density at radius 3 is 2.86 bits per heavy atom. The molecule has 0 atom stereocenters. The number of methoxy groups -OCH3 is 1. The number of nitrogens with zero attached hydrogens (tertiary/aromatic N) is 2. The number of hydrogen-bond donors (Lipinski definition) is 2. The van der Waals surface area contributed by atoms with E-state index >= 15 is 0 Å². The topological polar surface area (TPSA) is 86.5 Å². The van der Waals surface area contributed by atoms with Gasteiger partial charge in [-0.1, -0.05) is 0 Å². The average molecular weight is 288 g/mol. The molecule has 0 aliphatic heterocycles. The minimum absolute atomic E-state index is 0.418. The lowest BCUT2D eigenvalue weighted by atomic mass is 9.78. The van der Waals surface area contributed by atoms with Crippen molar-refractivity contribution in [3.8, 4) is 5.75 Å². The summed E-state index contributed by atoms with van der Waals surface area (Å²) in [6.45, 7) is 0.785. The quantitative estimate of drug-likeness (QED) is 0.751. The predicted octanol–water partition coefficient (Wildman–Crippen LogP) is 1.98. The minimum atomic E-state index is 0.418. The molecule has 21 heavy (non-hydrogen) atoms. The van der Waals surface area contributed by atoms with Gasteiger partial charge in [-0.05, 0) is 50.3 Å². The maximum absolute atomic E-state index is 5.68. The second-order valence-corrected chi connectivity index (χ2v) is 5.41. The minimum Gasteiger partial charge on any atom is -0.495 e. The summed E-state index contributed by atoms with van der Waals surface area (Å²) in [6.07, 6.45) is 9.71. The molecule has 4 N–H and O–H groups in total. The Morgan fingerprint density at radius 2 is 2.29 bits per heavy atom. The Kier molecular flexibility index (Phi) is 5.75. The predicted molar refractivity (Wildman–Crippen MR) is 86.2 cm³/mol. The van der Waals surface area contributed by atoms with Crippen molar-refractivity contribution in [1.82, 2.24) is 4.98 Å². The van der Waals surface area contributed by atoms with Crippen LogP contribution in [0.15, 0.2) is 29.5 Å². The molecule has 0 amide bonds. The van der Waals surface area contributed by atoms with Gasteiger partial charge in [0, 0.05) is 18.0 Å². The first kappa shape index (κ1) is 15.5. The van der Waals surface area contributed by atoms with Crippen molar-refractivity contribution in [2.45, 2.75) is 31.7 Å². The molecule has 114 valence electrons. The summed E-state index contributed by atoms with van der Waals surface area (Å²) >= 11 is 0. The highest BCUT2D eigenvalue weighted by Crippen LogP contribution is 2.33. The Labute approximate surface area is 126 Å². The van der Waals surface area contributed by atoms with Gasteiger partial charge in [0.15, 0.2) is 0 Å². The van der Waals surface area contributed by atoms with Crippen LogP contribution in [0.2, 0.25) is 0 Å². The fraction of sp³-hybridized carbons (Fsp3) is 0.500. The van der Waals surface area contributed by atoms with Gasteiger partial charge < -0.3 is 16.2 Å². The third-order valence-electron chi connectivity index (χ3n) is 3.90. The smallest absolute Gasteiger partial charge is 0.137 e. The van der Waals surface area contributed by atoms with Crippen molar-refractivity contribution in [3.05, 3.63) is 30.2 Å². The number of allylic oxidation sites excluding steroid dienone is 1. The summed E-state index contributed by atoms with van der Waals surface area (Å²) in [5.41, 5.74) is 12.8. The SMILES string of the molecule is COc1ccc(C(C=NC2CC(CCCN)C2)=CN)nc1. The molecule has 0 radical (unpaired) electrons. The van der Waals surface area contributed by atoms with Crippen molar-refractivity contribution in [2.75, 3.05) is 13.7 Å². The van der Waals surface area contributed by atoms with Crippen LogP contribution in [0.1, 0.15) is 31.4 Å². The number of aliphatic imine (C=N–C) groups is 1. The first-order valence-electron chi connectivity index (χ1n) is 7.42. The third-order valence-corrected chi connectivity index (χ3v) is 3.90. The molecule has 1 aromatic rings. The van der Waals surface area contributed by atoms with E-state index in [1.54, 1.807) is 19.5 Å². The van der Waals surface area contributed by atoms with Gasteiger partial charge in [0.25, 0.3) is 0 Å². The zero-order valence-electron chi connectivity index (χ0n) is 12.5. The molecule has 1 heterocycles. The highest BCUT2D eigenvalue weighted by atomic mass is 16.5. The van der Waals surface area contributed by atoms with Crippen LogP contribution in [0, 0.1) is 5.92 Å². The van der Waals surface area contributed by atoms with E-state index in [-0.39, 0.29) is 0 Å².